The van der Waals surface area contributed by atoms with E-state index in [-0.39, 0.29) is 6.61 Å². The third kappa shape index (κ3) is 3.97. The summed E-state index contributed by atoms with van der Waals surface area (Å²) in [6, 6.07) is 6.72. The second-order valence-corrected chi connectivity index (χ2v) is 2.87. The first kappa shape index (κ1) is 11.5. The number of rotatable bonds is 5. The molecular weight excluding hydrogens is 195 g/mol. The third-order valence-corrected chi connectivity index (χ3v) is 1.81. The second-order valence-electron chi connectivity index (χ2n) is 2.87. The average Bonchev–Trinajstić information content (AvgIpc) is 2.25. The first-order valence-electron chi connectivity index (χ1n) is 4.42. The van der Waals surface area contributed by atoms with E-state index in [2.05, 4.69) is 4.74 Å². The number of benzene rings is 1. The minimum Gasteiger partial charge on any atom is -0.464 e. The molecule has 0 saturated carbocycles. The number of carbonyl (C=O) groups is 1. The van der Waals surface area contributed by atoms with Crippen LogP contribution in [0.1, 0.15) is 5.56 Å². The van der Waals surface area contributed by atoms with E-state index in [4.69, 9.17) is 10.0 Å². The van der Waals surface area contributed by atoms with Crippen LogP contribution in [0.2, 0.25) is 0 Å². The number of carbonyl (C=O) groups excluding carboxylic acids is 1. The molecule has 0 unspecified atom stereocenters. The molecule has 0 heterocycles. The largest absolute Gasteiger partial charge is 0.488 e. The van der Waals surface area contributed by atoms with E-state index >= 15 is 0 Å². The normalized spacial score (nSPS) is 10.3. The molecule has 0 bridgehead atoms. The minimum absolute atomic E-state index is 0.230. The summed E-state index contributed by atoms with van der Waals surface area (Å²) in [4.78, 5) is 9.82. The fourth-order valence-corrected chi connectivity index (χ4v) is 1.06. The van der Waals surface area contributed by atoms with Crippen LogP contribution in [0.25, 0.3) is 6.08 Å². The van der Waals surface area contributed by atoms with Crippen LogP contribution in [0.5, 0.6) is 0 Å². The Kier molecular flexibility index (Phi) is 4.60. The summed E-state index contributed by atoms with van der Waals surface area (Å²) in [5.74, 6) is 0. The van der Waals surface area contributed by atoms with E-state index in [1.807, 2.05) is 0 Å². The Morgan fingerprint density at radius 2 is 1.93 bits per heavy atom. The molecule has 15 heavy (non-hydrogen) atoms. The van der Waals surface area contributed by atoms with Crippen LogP contribution >= 0.6 is 0 Å². The highest BCUT2D eigenvalue weighted by atomic mass is 16.5. The fourth-order valence-electron chi connectivity index (χ4n) is 1.06. The molecule has 2 N–H and O–H groups in total. The van der Waals surface area contributed by atoms with Gasteiger partial charge >= 0.3 is 7.12 Å². The zero-order valence-corrected chi connectivity index (χ0v) is 8.04. The number of hydrogen-bond donors (Lipinski definition) is 2. The van der Waals surface area contributed by atoms with E-state index in [1.165, 1.54) is 0 Å². The molecule has 0 saturated heterocycles. The van der Waals surface area contributed by atoms with Gasteiger partial charge in [0, 0.05) is 0 Å². The molecule has 1 rings (SSSR count). The van der Waals surface area contributed by atoms with Crippen LogP contribution in [0.4, 0.5) is 0 Å². The smallest absolute Gasteiger partial charge is 0.464 e. The Bertz CT molecular complexity index is 332. The molecule has 0 fully saturated rings. The molecule has 0 spiro atoms. The van der Waals surface area contributed by atoms with Gasteiger partial charge in [0.05, 0.1) is 0 Å². The second kappa shape index (κ2) is 6.00. The van der Waals surface area contributed by atoms with E-state index in [0.717, 1.165) is 5.56 Å². The van der Waals surface area contributed by atoms with Gasteiger partial charge in [0.2, 0.25) is 0 Å². The van der Waals surface area contributed by atoms with E-state index < -0.39 is 7.12 Å². The topological polar surface area (TPSA) is 66.8 Å². The Hall–Kier alpha value is -1.59. The highest BCUT2D eigenvalue weighted by Crippen LogP contribution is 1.99. The number of ether oxygens (including phenoxy) is 1. The quantitative estimate of drug-likeness (QED) is 0.389. The van der Waals surface area contributed by atoms with Gasteiger partial charge in [0.1, 0.15) is 6.61 Å². The lowest BCUT2D eigenvalue weighted by Crippen LogP contribution is -2.29. The van der Waals surface area contributed by atoms with Crippen molar-refractivity contribution >= 4 is 25.1 Å². The van der Waals surface area contributed by atoms with Gasteiger partial charge in [0.25, 0.3) is 6.47 Å². The molecule has 0 atom stereocenters. The fraction of sp³-hybridized carbons (Fsp3) is 0.100. The molecule has 0 aliphatic heterocycles. The van der Waals surface area contributed by atoms with Crippen molar-refractivity contribution in [2.45, 2.75) is 0 Å². The van der Waals surface area contributed by atoms with Crippen LogP contribution < -0.4 is 5.46 Å². The first-order chi connectivity index (χ1) is 7.24. The summed E-state index contributed by atoms with van der Waals surface area (Å²) < 4.78 is 4.47. The Balaban J connectivity index is 2.56. The molecule has 0 amide bonds. The maximum Gasteiger partial charge on any atom is 0.488 e. The Labute approximate surface area is 88.0 Å². The van der Waals surface area contributed by atoms with Gasteiger partial charge in [-0.1, -0.05) is 30.3 Å². The maximum atomic E-state index is 9.82. The summed E-state index contributed by atoms with van der Waals surface area (Å²) in [5.41, 5.74) is 1.34. The van der Waals surface area contributed by atoms with Gasteiger partial charge in [-0.3, -0.25) is 4.79 Å². The molecule has 1 aromatic carbocycles. The molecule has 1 aromatic rings. The molecule has 0 radical (unpaired) electrons. The zero-order valence-electron chi connectivity index (χ0n) is 8.04. The van der Waals surface area contributed by atoms with Crippen molar-refractivity contribution in [3.05, 3.63) is 35.9 Å². The summed E-state index contributed by atoms with van der Waals surface area (Å²) in [6.07, 6.45) is 3.47. The van der Waals surface area contributed by atoms with Gasteiger partial charge in [-0.05, 0) is 17.1 Å². The monoisotopic (exact) mass is 206 g/mol. The SMILES string of the molecule is O=COC/C=C/c1ccc(B(O)O)cc1. The summed E-state index contributed by atoms with van der Waals surface area (Å²) in [6.45, 7) is 0.615. The minimum atomic E-state index is -1.44. The first-order valence-corrected chi connectivity index (χ1v) is 4.42. The van der Waals surface area contributed by atoms with Crippen molar-refractivity contribution in [1.29, 1.82) is 0 Å². The predicted molar refractivity (Wildman–Crippen MR) is 57.3 cm³/mol. The average molecular weight is 206 g/mol. The molecular formula is C10H11BO4. The van der Waals surface area contributed by atoms with Crippen LogP contribution in [-0.4, -0.2) is 30.2 Å². The lowest BCUT2D eigenvalue weighted by Gasteiger charge is -1.99. The van der Waals surface area contributed by atoms with Crippen molar-refractivity contribution in [3.63, 3.8) is 0 Å². The molecule has 4 nitrogen and oxygen atoms in total. The summed E-state index contributed by atoms with van der Waals surface area (Å²) >= 11 is 0. The van der Waals surface area contributed by atoms with E-state index in [0.29, 0.717) is 11.9 Å². The van der Waals surface area contributed by atoms with Crippen molar-refractivity contribution in [3.8, 4) is 0 Å². The van der Waals surface area contributed by atoms with Crippen LogP contribution in [-0.2, 0) is 9.53 Å². The molecule has 78 valence electrons. The third-order valence-electron chi connectivity index (χ3n) is 1.81. The lowest BCUT2D eigenvalue weighted by molar-refractivity contribution is -0.127. The van der Waals surface area contributed by atoms with Crippen LogP contribution in [0, 0.1) is 0 Å². The van der Waals surface area contributed by atoms with Gasteiger partial charge < -0.3 is 14.8 Å². The van der Waals surface area contributed by atoms with Crippen molar-refractivity contribution in [2.75, 3.05) is 6.61 Å². The van der Waals surface area contributed by atoms with Gasteiger partial charge in [-0.15, -0.1) is 0 Å². The Morgan fingerprint density at radius 1 is 1.27 bits per heavy atom. The standard InChI is InChI=1S/C10H11BO4/c12-8-15-7-1-2-9-3-5-10(6-4-9)11(13)14/h1-6,8,13-14H,7H2/b2-1+. The van der Waals surface area contributed by atoms with E-state index in [9.17, 15) is 4.79 Å². The van der Waals surface area contributed by atoms with Gasteiger partial charge in [0.15, 0.2) is 0 Å². The highest BCUT2D eigenvalue weighted by Gasteiger charge is 2.08. The van der Waals surface area contributed by atoms with Gasteiger partial charge in [-0.25, -0.2) is 0 Å². The van der Waals surface area contributed by atoms with Crippen molar-refractivity contribution < 1.29 is 19.6 Å². The van der Waals surface area contributed by atoms with E-state index in [1.54, 1.807) is 36.4 Å². The van der Waals surface area contributed by atoms with Gasteiger partial charge in [-0.2, -0.15) is 0 Å². The highest BCUT2D eigenvalue weighted by molar-refractivity contribution is 6.58. The maximum absolute atomic E-state index is 9.82. The lowest BCUT2D eigenvalue weighted by atomic mass is 9.80. The molecule has 5 heteroatoms. The molecule has 0 aromatic heterocycles. The number of hydrogen-bond acceptors (Lipinski definition) is 4. The van der Waals surface area contributed by atoms with Crippen molar-refractivity contribution in [2.24, 2.45) is 0 Å². The predicted octanol–water partition coefficient (Wildman–Crippen LogP) is -0.447. The Morgan fingerprint density at radius 3 is 2.47 bits per heavy atom. The van der Waals surface area contributed by atoms with Crippen LogP contribution in [0.3, 0.4) is 0 Å². The summed E-state index contributed by atoms with van der Waals surface area (Å²) in [5, 5.41) is 17.7. The molecule has 0 aliphatic carbocycles. The van der Waals surface area contributed by atoms with Crippen molar-refractivity contribution in [1.82, 2.24) is 0 Å². The molecule has 0 aliphatic rings. The summed E-state index contributed by atoms with van der Waals surface area (Å²) in [7, 11) is -1.44. The zero-order chi connectivity index (χ0) is 11.1. The van der Waals surface area contributed by atoms with Crippen LogP contribution in [0.15, 0.2) is 30.3 Å².